The van der Waals surface area contributed by atoms with Gasteiger partial charge in [0, 0.05) is 44.8 Å². The molecule has 3 rings (SSSR count). The number of aromatic nitrogens is 2. The van der Waals surface area contributed by atoms with Crippen LogP contribution in [0.4, 0.5) is 5.69 Å². The van der Waals surface area contributed by atoms with Crippen LogP contribution in [0.3, 0.4) is 0 Å². The highest BCUT2D eigenvalue weighted by Crippen LogP contribution is 2.20. The SMILES string of the molecule is CCc1cccc(NC(=O)CN2CCNCC2c2nccn2C)c1.Cl. The molecule has 7 heteroatoms. The summed E-state index contributed by atoms with van der Waals surface area (Å²) in [5.41, 5.74) is 2.09. The third-order valence-electron chi connectivity index (χ3n) is 4.48. The minimum Gasteiger partial charge on any atom is -0.337 e. The Balaban J connectivity index is 0.00000225. The summed E-state index contributed by atoms with van der Waals surface area (Å²) < 4.78 is 2.02. The highest BCUT2D eigenvalue weighted by molar-refractivity contribution is 5.92. The number of aryl methyl sites for hydroxylation is 2. The van der Waals surface area contributed by atoms with Crippen molar-refractivity contribution in [2.75, 3.05) is 31.5 Å². The average Bonchev–Trinajstić information content (AvgIpc) is 3.01. The molecular weight excluding hydrogens is 338 g/mol. The molecule has 2 heterocycles. The Morgan fingerprint density at radius 3 is 3.00 bits per heavy atom. The fourth-order valence-corrected chi connectivity index (χ4v) is 3.14. The molecule has 1 amide bonds. The van der Waals surface area contributed by atoms with Crippen LogP contribution in [0.15, 0.2) is 36.7 Å². The summed E-state index contributed by atoms with van der Waals surface area (Å²) >= 11 is 0. The van der Waals surface area contributed by atoms with Gasteiger partial charge >= 0.3 is 0 Å². The lowest BCUT2D eigenvalue weighted by molar-refractivity contribution is -0.118. The number of imidazole rings is 1. The van der Waals surface area contributed by atoms with Crippen molar-refractivity contribution < 1.29 is 4.79 Å². The Labute approximate surface area is 155 Å². The predicted molar refractivity (Wildman–Crippen MR) is 102 cm³/mol. The fraction of sp³-hybridized carbons (Fsp3) is 0.444. The summed E-state index contributed by atoms with van der Waals surface area (Å²) in [5, 5.41) is 6.41. The third-order valence-corrected chi connectivity index (χ3v) is 4.48. The number of hydrogen-bond acceptors (Lipinski definition) is 4. The molecule has 1 saturated heterocycles. The van der Waals surface area contributed by atoms with Crippen LogP contribution >= 0.6 is 12.4 Å². The zero-order chi connectivity index (χ0) is 16.9. The molecule has 1 aliphatic rings. The van der Waals surface area contributed by atoms with Gasteiger partial charge in [-0.05, 0) is 24.1 Å². The van der Waals surface area contributed by atoms with Gasteiger partial charge in [0.05, 0.1) is 12.6 Å². The number of carbonyl (C=O) groups is 1. The first-order chi connectivity index (χ1) is 11.7. The summed E-state index contributed by atoms with van der Waals surface area (Å²) in [4.78, 5) is 19.1. The van der Waals surface area contributed by atoms with Crippen LogP contribution in [-0.2, 0) is 18.3 Å². The second kappa shape index (κ2) is 8.99. The lowest BCUT2D eigenvalue weighted by Crippen LogP contribution is -2.49. The van der Waals surface area contributed by atoms with Crippen LogP contribution in [-0.4, -0.2) is 46.5 Å². The van der Waals surface area contributed by atoms with Crippen LogP contribution in [0.1, 0.15) is 24.4 Å². The van der Waals surface area contributed by atoms with Crippen molar-refractivity contribution in [1.82, 2.24) is 19.8 Å². The second-order valence-electron chi connectivity index (χ2n) is 6.19. The van der Waals surface area contributed by atoms with Crippen LogP contribution in [0.5, 0.6) is 0 Å². The minimum absolute atomic E-state index is 0. The summed E-state index contributed by atoms with van der Waals surface area (Å²) in [5.74, 6) is 1.01. The number of hydrogen-bond donors (Lipinski definition) is 2. The first-order valence-electron chi connectivity index (χ1n) is 8.48. The molecule has 1 atom stereocenters. The Kier molecular flexibility index (Phi) is 6.99. The lowest BCUT2D eigenvalue weighted by Gasteiger charge is -2.35. The molecule has 1 aliphatic heterocycles. The molecule has 6 nitrogen and oxygen atoms in total. The average molecular weight is 364 g/mol. The highest BCUT2D eigenvalue weighted by Gasteiger charge is 2.28. The van der Waals surface area contributed by atoms with E-state index in [-0.39, 0.29) is 24.4 Å². The zero-order valence-corrected chi connectivity index (χ0v) is 15.6. The van der Waals surface area contributed by atoms with Crippen LogP contribution in [0, 0.1) is 0 Å². The van der Waals surface area contributed by atoms with Gasteiger partial charge in [0.15, 0.2) is 0 Å². The molecular formula is C18H26ClN5O. The van der Waals surface area contributed by atoms with Crippen molar-refractivity contribution in [2.45, 2.75) is 19.4 Å². The number of piperazine rings is 1. The Bertz CT molecular complexity index is 702. The monoisotopic (exact) mass is 363 g/mol. The van der Waals surface area contributed by atoms with Gasteiger partial charge < -0.3 is 15.2 Å². The number of carbonyl (C=O) groups excluding carboxylic acids is 1. The normalized spacial score (nSPS) is 17.8. The van der Waals surface area contributed by atoms with Crippen molar-refractivity contribution >= 4 is 24.0 Å². The van der Waals surface area contributed by atoms with Crippen molar-refractivity contribution in [3.8, 4) is 0 Å². The van der Waals surface area contributed by atoms with Gasteiger partial charge in [-0.3, -0.25) is 9.69 Å². The van der Waals surface area contributed by atoms with Crippen molar-refractivity contribution in [3.05, 3.63) is 48.0 Å². The van der Waals surface area contributed by atoms with Gasteiger partial charge in [0.2, 0.25) is 5.91 Å². The fourth-order valence-electron chi connectivity index (χ4n) is 3.14. The summed E-state index contributed by atoms with van der Waals surface area (Å²) in [6.07, 6.45) is 4.71. The zero-order valence-electron chi connectivity index (χ0n) is 14.7. The van der Waals surface area contributed by atoms with Gasteiger partial charge in [0.25, 0.3) is 0 Å². The first-order valence-corrected chi connectivity index (χ1v) is 8.48. The molecule has 0 saturated carbocycles. The molecule has 1 unspecified atom stereocenters. The number of nitrogens with zero attached hydrogens (tertiary/aromatic N) is 3. The number of anilines is 1. The maximum Gasteiger partial charge on any atom is 0.238 e. The maximum atomic E-state index is 12.5. The lowest BCUT2D eigenvalue weighted by atomic mass is 10.1. The Morgan fingerprint density at radius 2 is 2.28 bits per heavy atom. The molecule has 0 aliphatic carbocycles. The number of rotatable bonds is 5. The number of amides is 1. The van der Waals surface area contributed by atoms with E-state index in [1.807, 2.05) is 36.0 Å². The van der Waals surface area contributed by atoms with Gasteiger partial charge in [-0.15, -0.1) is 12.4 Å². The van der Waals surface area contributed by atoms with Crippen molar-refractivity contribution in [2.24, 2.45) is 7.05 Å². The largest absolute Gasteiger partial charge is 0.337 e. The van der Waals surface area contributed by atoms with Gasteiger partial charge in [-0.1, -0.05) is 19.1 Å². The molecule has 0 spiro atoms. The van der Waals surface area contributed by atoms with Crippen LogP contribution in [0.2, 0.25) is 0 Å². The van der Waals surface area contributed by atoms with E-state index in [0.29, 0.717) is 6.54 Å². The first kappa shape index (κ1) is 19.4. The molecule has 0 radical (unpaired) electrons. The number of benzene rings is 1. The quantitative estimate of drug-likeness (QED) is 0.852. The Morgan fingerprint density at radius 1 is 1.44 bits per heavy atom. The summed E-state index contributed by atoms with van der Waals surface area (Å²) in [6.45, 7) is 5.01. The van der Waals surface area contributed by atoms with E-state index < -0.39 is 0 Å². The van der Waals surface area contributed by atoms with Crippen LogP contribution in [0.25, 0.3) is 0 Å². The standard InChI is InChI=1S/C18H25N5O.ClH/c1-3-14-5-4-6-15(11-14)21-17(24)13-23-10-7-19-12-16(23)18-20-8-9-22(18)2;/h4-6,8-9,11,16,19H,3,7,10,12-13H2,1-2H3,(H,21,24);1H. The van der Waals surface area contributed by atoms with E-state index in [0.717, 1.165) is 37.6 Å². The molecule has 2 aromatic rings. The van der Waals surface area contributed by atoms with Gasteiger partial charge in [0.1, 0.15) is 5.82 Å². The molecule has 1 aromatic carbocycles. The topological polar surface area (TPSA) is 62.2 Å². The minimum atomic E-state index is 0. The van der Waals surface area contributed by atoms with Gasteiger partial charge in [-0.25, -0.2) is 4.98 Å². The smallest absolute Gasteiger partial charge is 0.238 e. The predicted octanol–water partition coefficient (Wildman–Crippen LogP) is 1.99. The Hall–Kier alpha value is -1.89. The van der Waals surface area contributed by atoms with E-state index in [1.54, 1.807) is 6.20 Å². The molecule has 2 N–H and O–H groups in total. The third kappa shape index (κ3) is 4.81. The number of nitrogens with one attached hydrogen (secondary N) is 2. The van der Waals surface area contributed by atoms with E-state index in [9.17, 15) is 4.79 Å². The highest BCUT2D eigenvalue weighted by atomic mass is 35.5. The second-order valence-corrected chi connectivity index (χ2v) is 6.19. The number of halogens is 1. The maximum absolute atomic E-state index is 12.5. The van der Waals surface area contributed by atoms with Crippen molar-refractivity contribution in [1.29, 1.82) is 0 Å². The molecule has 0 bridgehead atoms. The van der Waals surface area contributed by atoms with E-state index in [1.165, 1.54) is 5.56 Å². The molecule has 25 heavy (non-hydrogen) atoms. The molecule has 1 fully saturated rings. The van der Waals surface area contributed by atoms with E-state index in [4.69, 9.17) is 0 Å². The van der Waals surface area contributed by atoms with E-state index in [2.05, 4.69) is 33.5 Å². The summed E-state index contributed by atoms with van der Waals surface area (Å²) in [6, 6.07) is 8.14. The van der Waals surface area contributed by atoms with Crippen LogP contribution < -0.4 is 10.6 Å². The van der Waals surface area contributed by atoms with Crippen molar-refractivity contribution in [3.63, 3.8) is 0 Å². The summed E-state index contributed by atoms with van der Waals surface area (Å²) in [7, 11) is 1.99. The van der Waals surface area contributed by atoms with Gasteiger partial charge in [-0.2, -0.15) is 0 Å². The molecule has 136 valence electrons. The molecule has 1 aromatic heterocycles. The van der Waals surface area contributed by atoms with E-state index >= 15 is 0 Å².